The molecule has 2 N–H and O–H groups in total. The van der Waals surface area contributed by atoms with Gasteiger partial charge in [-0.25, -0.2) is 0 Å². The predicted octanol–water partition coefficient (Wildman–Crippen LogP) is 2.85. The molecule has 0 radical (unpaired) electrons. The molecule has 0 aromatic rings. The maximum atomic E-state index is 13.1. The lowest BCUT2D eigenvalue weighted by molar-refractivity contribution is -0.147. The van der Waals surface area contributed by atoms with E-state index in [0.29, 0.717) is 24.0 Å². The predicted molar refractivity (Wildman–Crippen MR) is 83.8 cm³/mol. The Balaban J connectivity index is 1.45. The van der Waals surface area contributed by atoms with Crippen molar-refractivity contribution in [3.63, 3.8) is 0 Å². The Labute approximate surface area is 128 Å². The molecule has 118 valence electrons. The molecule has 5 rings (SSSR count). The molecule has 1 aliphatic heterocycles. The SMILES string of the molecule is CC1CCC(NC(=O)C23CC4CC(CC(C4)C2)C3)C(C)N1. The molecule has 0 aromatic carbocycles. The van der Waals surface area contributed by atoms with Crippen LogP contribution in [0.4, 0.5) is 0 Å². The van der Waals surface area contributed by atoms with Gasteiger partial charge in [-0.3, -0.25) is 4.79 Å². The molecule has 3 unspecified atom stereocenters. The Morgan fingerprint density at radius 1 is 1.00 bits per heavy atom. The molecule has 1 saturated heterocycles. The average Bonchev–Trinajstić information content (AvgIpc) is 2.40. The highest BCUT2D eigenvalue weighted by Gasteiger charge is 2.54. The van der Waals surface area contributed by atoms with Gasteiger partial charge in [0.05, 0.1) is 0 Å². The summed E-state index contributed by atoms with van der Waals surface area (Å²) in [5, 5.41) is 7.04. The van der Waals surface area contributed by atoms with Crippen LogP contribution in [0.15, 0.2) is 0 Å². The van der Waals surface area contributed by atoms with Crippen LogP contribution in [-0.2, 0) is 4.79 Å². The first kappa shape index (κ1) is 14.0. The van der Waals surface area contributed by atoms with E-state index in [1.807, 2.05) is 0 Å². The molecule has 4 aliphatic carbocycles. The van der Waals surface area contributed by atoms with Gasteiger partial charge >= 0.3 is 0 Å². The lowest BCUT2D eigenvalue weighted by atomic mass is 9.49. The minimum Gasteiger partial charge on any atom is -0.351 e. The Morgan fingerprint density at radius 3 is 2.10 bits per heavy atom. The van der Waals surface area contributed by atoms with E-state index in [9.17, 15) is 4.79 Å². The van der Waals surface area contributed by atoms with E-state index in [2.05, 4.69) is 24.5 Å². The van der Waals surface area contributed by atoms with Crippen molar-refractivity contribution in [2.24, 2.45) is 23.2 Å². The van der Waals surface area contributed by atoms with E-state index in [1.165, 1.54) is 44.9 Å². The van der Waals surface area contributed by atoms with Crippen LogP contribution in [0.2, 0.25) is 0 Å². The van der Waals surface area contributed by atoms with E-state index >= 15 is 0 Å². The molecular weight excluding hydrogens is 260 g/mol. The first-order chi connectivity index (χ1) is 10.0. The van der Waals surface area contributed by atoms with Gasteiger partial charge in [-0.1, -0.05) is 0 Å². The van der Waals surface area contributed by atoms with Crippen molar-refractivity contribution in [1.29, 1.82) is 0 Å². The molecule has 3 heteroatoms. The largest absolute Gasteiger partial charge is 0.351 e. The van der Waals surface area contributed by atoms with Crippen molar-refractivity contribution in [2.45, 2.75) is 83.3 Å². The summed E-state index contributed by atoms with van der Waals surface area (Å²) < 4.78 is 0. The van der Waals surface area contributed by atoms with Gasteiger partial charge in [0.2, 0.25) is 5.91 Å². The molecule has 0 aromatic heterocycles. The van der Waals surface area contributed by atoms with Crippen LogP contribution in [-0.4, -0.2) is 24.0 Å². The van der Waals surface area contributed by atoms with E-state index in [4.69, 9.17) is 0 Å². The van der Waals surface area contributed by atoms with Crippen LogP contribution in [0.5, 0.6) is 0 Å². The molecule has 4 bridgehead atoms. The molecule has 0 spiro atoms. The summed E-state index contributed by atoms with van der Waals surface area (Å²) in [6, 6.07) is 1.33. The summed E-state index contributed by atoms with van der Waals surface area (Å²) in [6.07, 6.45) is 10.1. The van der Waals surface area contributed by atoms with Crippen LogP contribution in [0.25, 0.3) is 0 Å². The number of rotatable bonds is 2. The van der Waals surface area contributed by atoms with E-state index < -0.39 is 0 Å². The second-order valence-corrected chi connectivity index (χ2v) is 8.71. The van der Waals surface area contributed by atoms with Gasteiger partial charge in [-0.05, 0) is 83.0 Å². The lowest BCUT2D eigenvalue weighted by Gasteiger charge is -2.56. The highest BCUT2D eigenvalue weighted by Crippen LogP contribution is 2.60. The molecule has 4 saturated carbocycles. The maximum Gasteiger partial charge on any atom is 0.226 e. The van der Waals surface area contributed by atoms with Crippen LogP contribution in [0.3, 0.4) is 0 Å². The molecule has 21 heavy (non-hydrogen) atoms. The lowest BCUT2D eigenvalue weighted by Crippen LogP contribution is -2.60. The van der Waals surface area contributed by atoms with Crippen LogP contribution >= 0.6 is 0 Å². The van der Waals surface area contributed by atoms with Crippen molar-refractivity contribution in [3.8, 4) is 0 Å². The minimum absolute atomic E-state index is 0.0114. The van der Waals surface area contributed by atoms with Gasteiger partial charge in [0.1, 0.15) is 0 Å². The van der Waals surface area contributed by atoms with E-state index in [-0.39, 0.29) is 5.41 Å². The average molecular weight is 290 g/mol. The number of amides is 1. The number of carbonyl (C=O) groups is 1. The summed E-state index contributed by atoms with van der Waals surface area (Å²) in [5.74, 6) is 2.95. The van der Waals surface area contributed by atoms with Gasteiger partial charge in [0.15, 0.2) is 0 Å². The Bertz CT molecular complexity index is 398. The second kappa shape index (κ2) is 4.97. The number of piperidine rings is 1. The number of nitrogens with one attached hydrogen (secondary N) is 2. The first-order valence-corrected chi connectivity index (χ1v) is 9.11. The topological polar surface area (TPSA) is 41.1 Å². The number of hydrogen-bond donors (Lipinski definition) is 2. The van der Waals surface area contributed by atoms with Gasteiger partial charge in [-0.15, -0.1) is 0 Å². The highest BCUT2D eigenvalue weighted by molar-refractivity contribution is 5.83. The third-order valence-corrected chi connectivity index (χ3v) is 6.90. The third kappa shape index (κ3) is 2.42. The molecule has 3 atom stereocenters. The quantitative estimate of drug-likeness (QED) is 0.821. The van der Waals surface area contributed by atoms with Crippen molar-refractivity contribution < 1.29 is 4.79 Å². The zero-order chi connectivity index (χ0) is 14.6. The van der Waals surface area contributed by atoms with Crippen LogP contribution in [0, 0.1) is 23.2 Å². The molecule has 1 heterocycles. The first-order valence-electron chi connectivity index (χ1n) is 9.11. The standard InChI is InChI=1S/C18H30N2O/c1-11-3-4-16(12(2)19-11)20-17(21)18-8-13-5-14(9-18)7-15(6-13)10-18/h11-16,19H,3-10H2,1-2H3,(H,20,21). The zero-order valence-corrected chi connectivity index (χ0v) is 13.5. The van der Waals surface area contributed by atoms with Crippen LogP contribution in [0.1, 0.15) is 65.2 Å². The monoisotopic (exact) mass is 290 g/mol. The van der Waals surface area contributed by atoms with Crippen LogP contribution < -0.4 is 10.6 Å². The fraction of sp³-hybridized carbons (Fsp3) is 0.944. The van der Waals surface area contributed by atoms with Crippen molar-refractivity contribution in [3.05, 3.63) is 0 Å². The molecular formula is C18H30N2O. The smallest absolute Gasteiger partial charge is 0.226 e. The highest BCUT2D eigenvalue weighted by atomic mass is 16.2. The fourth-order valence-corrected chi connectivity index (χ4v) is 6.24. The summed E-state index contributed by atoms with van der Waals surface area (Å²) in [5.41, 5.74) is 0.0114. The fourth-order valence-electron chi connectivity index (χ4n) is 6.24. The Kier molecular flexibility index (Phi) is 3.33. The van der Waals surface area contributed by atoms with Crippen molar-refractivity contribution >= 4 is 5.91 Å². The third-order valence-electron chi connectivity index (χ3n) is 6.90. The van der Waals surface area contributed by atoms with E-state index in [0.717, 1.165) is 24.2 Å². The van der Waals surface area contributed by atoms with Gasteiger partial charge in [0, 0.05) is 23.5 Å². The Hall–Kier alpha value is -0.570. The van der Waals surface area contributed by atoms with Crippen molar-refractivity contribution in [2.75, 3.05) is 0 Å². The molecule has 5 aliphatic rings. The molecule has 1 amide bonds. The zero-order valence-electron chi connectivity index (χ0n) is 13.5. The summed E-state index contributed by atoms with van der Waals surface area (Å²) >= 11 is 0. The normalized spacial score (nSPS) is 51.9. The molecule has 5 fully saturated rings. The minimum atomic E-state index is 0.0114. The van der Waals surface area contributed by atoms with Crippen molar-refractivity contribution in [1.82, 2.24) is 10.6 Å². The molecule has 3 nitrogen and oxygen atoms in total. The van der Waals surface area contributed by atoms with Gasteiger partial charge in [0.25, 0.3) is 0 Å². The van der Waals surface area contributed by atoms with E-state index in [1.54, 1.807) is 0 Å². The maximum absolute atomic E-state index is 13.1. The van der Waals surface area contributed by atoms with Gasteiger partial charge in [-0.2, -0.15) is 0 Å². The second-order valence-electron chi connectivity index (χ2n) is 8.71. The number of carbonyl (C=O) groups excluding carboxylic acids is 1. The summed E-state index contributed by atoms with van der Waals surface area (Å²) in [7, 11) is 0. The Morgan fingerprint density at radius 2 is 1.57 bits per heavy atom. The number of hydrogen-bond acceptors (Lipinski definition) is 2. The summed E-state index contributed by atoms with van der Waals surface area (Å²) in [4.78, 5) is 13.1. The van der Waals surface area contributed by atoms with Gasteiger partial charge < -0.3 is 10.6 Å². The summed E-state index contributed by atoms with van der Waals surface area (Å²) in [6.45, 7) is 4.47.